The summed E-state index contributed by atoms with van der Waals surface area (Å²) in [6.45, 7) is 0.808. The van der Waals surface area contributed by atoms with E-state index in [0.29, 0.717) is 35.0 Å². The Morgan fingerprint density at radius 2 is 1.65 bits per heavy atom. The molecule has 0 bridgehead atoms. The summed E-state index contributed by atoms with van der Waals surface area (Å²) in [7, 11) is 1.56. The van der Waals surface area contributed by atoms with Crippen molar-refractivity contribution in [3.8, 4) is 0 Å². The van der Waals surface area contributed by atoms with Crippen molar-refractivity contribution in [2.45, 2.75) is 0 Å². The average Bonchev–Trinajstić information content (AvgIpc) is 2.55. The first kappa shape index (κ1) is 17.0. The van der Waals surface area contributed by atoms with Gasteiger partial charge in [0.25, 0.3) is 11.8 Å². The topological polar surface area (TPSA) is 67.4 Å². The van der Waals surface area contributed by atoms with E-state index >= 15 is 0 Å². The molecule has 0 radical (unpaired) electrons. The zero-order valence-electron chi connectivity index (χ0n) is 12.6. The number of para-hydroxylation sites is 1. The van der Waals surface area contributed by atoms with Crippen LogP contribution in [0.15, 0.2) is 48.5 Å². The van der Waals surface area contributed by atoms with Gasteiger partial charge in [0.15, 0.2) is 0 Å². The van der Waals surface area contributed by atoms with Crippen LogP contribution in [0.3, 0.4) is 0 Å². The van der Waals surface area contributed by atoms with Crippen LogP contribution in [0, 0.1) is 0 Å². The van der Waals surface area contributed by atoms with E-state index in [1.54, 1.807) is 55.6 Å². The summed E-state index contributed by atoms with van der Waals surface area (Å²) in [5.74, 6) is -0.648. The lowest BCUT2D eigenvalue weighted by Crippen LogP contribution is -2.28. The molecule has 5 nitrogen and oxygen atoms in total. The lowest BCUT2D eigenvalue weighted by atomic mass is 10.1. The van der Waals surface area contributed by atoms with Crippen molar-refractivity contribution < 1.29 is 14.3 Å². The van der Waals surface area contributed by atoms with Crippen molar-refractivity contribution in [3.05, 3.63) is 64.7 Å². The van der Waals surface area contributed by atoms with Gasteiger partial charge in [-0.1, -0.05) is 35.9 Å². The second kappa shape index (κ2) is 8.31. The molecule has 6 heteroatoms. The molecule has 0 spiro atoms. The Morgan fingerprint density at radius 3 is 2.35 bits per heavy atom. The van der Waals surface area contributed by atoms with Crippen molar-refractivity contribution in [1.82, 2.24) is 5.32 Å². The number of methoxy groups -OCH3 is 1. The molecule has 2 aromatic rings. The van der Waals surface area contributed by atoms with Crippen LogP contribution in [0.2, 0.25) is 5.02 Å². The SMILES string of the molecule is COCCNC(=O)c1ccccc1NC(=O)c1ccccc1Cl. The molecule has 0 atom stereocenters. The predicted molar refractivity (Wildman–Crippen MR) is 90.1 cm³/mol. The molecule has 0 saturated heterocycles. The third-order valence-electron chi connectivity index (χ3n) is 3.13. The van der Waals surface area contributed by atoms with Gasteiger partial charge < -0.3 is 15.4 Å². The first-order valence-electron chi connectivity index (χ1n) is 7.05. The number of nitrogens with one attached hydrogen (secondary N) is 2. The summed E-state index contributed by atoms with van der Waals surface area (Å²) < 4.78 is 4.89. The first-order valence-corrected chi connectivity index (χ1v) is 7.43. The maximum Gasteiger partial charge on any atom is 0.257 e. The standard InChI is InChI=1S/C17H17ClN2O3/c1-23-11-10-19-16(21)13-7-3-5-9-15(13)20-17(22)12-6-2-4-8-14(12)18/h2-9H,10-11H2,1H3,(H,19,21)(H,20,22). The van der Waals surface area contributed by atoms with E-state index in [1.165, 1.54) is 0 Å². The second-order valence-corrected chi connectivity index (χ2v) is 5.14. The summed E-state index contributed by atoms with van der Waals surface area (Å²) >= 11 is 6.02. The Labute approximate surface area is 139 Å². The number of rotatable bonds is 6. The van der Waals surface area contributed by atoms with E-state index in [9.17, 15) is 9.59 Å². The van der Waals surface area contributed by atoms with Crippen LogP contribution < -0.4 is 10.6 Å². The van der Waals surface area contributed by atoms with E-state index in [2.05, 4.69) is 10.6 Å². The maximum absolute atomic E-state index is 12.3. The van der Waals surface area contributed by atoms with Gasteiger partial charge in [0.05, 0.1) is 28.4 Å². The normalized spacial score (nSPS) is 10.2. The number of anilines is 1. The highest BCUT2D eigenvalue weighted by Crippen LogP contribution is 2.19. The third-order valence-corrected chi connectivity index (χ3v) is 3.46. The van der Waals surface area contributed by atoms with Crippen LogP contribution in [0.1, 0.15) is 20.7 Å². The zero-order chi connectivity index (χ0) is 16.7. The van der Waals surface area contributed by atoms with Crippen molar-refractivity contribution in [3.63, 3.8) is 0 Å². The zero-order valence-corrected chi connectivity index (χ0v) is 13.4. The van der Waals surface area contributed by atoms with E-state index in [4.69, 9.17) is 16.3 Å². The summed E-state index contributed by atoms with van der Waals surface area (Å²) in [6, 6.07) is 13.5. The van der Waals surface area contributed by atoms with Crippen molar-refractivity contribution >= 4 is 29.1 Å². The predicted octanol–water partition coefficient (Wildman–Crippen LogP) is 2.97. The number of ether oxygens (including phenoxy) is 1. The molecule has 0 fully saturated rings. The molecule has 0 saturated carbocycles. The molecule has 0 aliphatic rings. The number of carbonyl (C=O) groups excluding carboxylic acids is 2. The molecular formula is C17H17ClN2O3. The second-order valence-electron chi connectivity index (χ2n) is 4.73. The summed E-state index contributed by atoms with van der Waals surface area (Å²) in [5, 5.41) is 5.80. The van der Waals surface area contributed by atoms with Crippen LogP contribution in [0.5, 0.6) is 0 Å². The van der Waals surface area contributed by atoms with Crippen molar-refractivity contribution in [1.29, 1.82) is 0 Å². The molecule has 0 aromatic heterocycles. The molecule has 0 aliphatic heterocycles. The minimum absolute atomic E-state index is 0.280. The molecule has 23 heavy (non-hydrogen) atoms. The molecule has 120 valence electrons. The Hall–Kier alpha value is -2.37. The number of hydrogen-bond acceptors (Lipinski definition) is 3. The van der Waals surface area contributed by atoms with Gasteiger partial charge in [-0.2, -0.15) is 0 Å². The van der Waals surface area contributed by atoms with Crippen LogP contribution in [0.4, 0.5) is 5.69 Å². The number of halogens is 1. The van der Waals surface area contributed by atoms with Crippen LogP contribution in [-0.2, 0) is 4.74 Å². The van der Waals surface area contributed by atoms with Gasteiger partial charge in [0.1, 0.15) is 0 Å². The van der Waals surface area contributed by atoms with Gasteiger partial charge in [0.2, 0.25) is 0 Å². The number of benzene rings is 2. The minimum atomic E-state index is -0.368. The molecule has 2 rings (SSSR count). The fraction of sp³-hybridized carbons (Fsp3) is 0.176. The van der Waals surface area contributed by atoms with Gasteiger partial charge in [-0.15, -0.1) is 0 Å². The Morgan fingerprint density at radius 1 is 1.00 bits per heavy atom. The monoisotopic (exact) mass is 332 g/mol. The van der Waals surface area contributed by atoms with Gasteiger partial charge in [-0.05, 0) is 24.3 Å². The van der Waals surface area contributed by atoms with E-state index in [0.717, 1.165) is 0 Å². The van der Waals surface area contributed by atoms with Crippen LogP contribution >= 0.6 is 11.6 Å². The van der Waals surface area contributed by atoms with Crippen molar-refractivity contribution in [2.75, 3.05) is 25.6 Å². The highest BCUT2D eigenvalue weighted by molar-refractivity contribution is 6.34. The third kappa shape index (κ3) is 4.55. The van der Waals surface area contributed by atoms with Crippen LogP contribution in [-0.4, -0.2) is 32.1 Å². The minimum Gasteiger partial charge on any atom is -0.383 e. The quantitative estimate of drug-likeness (QED) is 0.799. The van der Waals surface area contributed by atoms with E-state index in [-0.39, 0.29) is 11.8 Å². The fourth-order valence-electron chi connectivity index (χ4n) is 1.99. The Balaban J connectivity index is 2.16. The summed E-state index contributed by atoms with van der Waals surface area (Å²) in [5.41, 5.74) is 1.15. The summed E-state index contributed by atoms with van der Waals surface area (Å²) in [4.78, 5) is 24.5. The van der Waals surface area contributed by atoms with Gasteiger partial charge >= 0.3 is 0 Å². The fourth-order valence-corrected chi connectivity index (χ4v) is 2.21. The largest absolute Gasteiger partial charge is 0.383 e. The van der Waals surface area contributed by atoms with E-state index in [1.807, 2.05) is 0 Å². The van der Waals surface area contributed by atoms with Crippen molar-refractivity contribution in [2.24, 2.45) is 0 Å². The summed E-state index contributed by atoms with van der Waals surface area (Å²) in [6.07, 6.45) is 0. The Kier molecular flexibility index (Phi) is 6.14. The lowest BCUT2D eigenvalue weighted by molar-refractivity contribution is 0.0938. The first-order chi connectivity index (χ1) is 11.1. The maximum atomic E-state index is 12.3. The number of carbonyl (C=O) groups is 2. The van der Waals surface area contributed by atoms with Crippen LogP contribution in [0.25, 0.3) is 0 Å². The Bertz CT molecular complexity index is 704. The molecule has 2 aromatic carbocycles. The molecule has 0 heterocycles. The molecule has 2 amide bonds. The highest BCUT2D eigenvalue weighted by Gasteiger charge is 2.15. The highest BCUT2D eigenvalue weighted by atomic mass is 35.5. The lowest BCUT2D eigenvalue weighted by Gasteiger charge is -2.12. The molecule has 2 N–H and O–H groups in total. The molecular weight excluding hydrogens is 316 g/mol. The molecule has 0 unspecified atom stereocenters. The van der Waals surface area contributed by atoms with Gasteiger partial charge in [0, 0.05) is 13.7 Å². The van der Waals surface area contributed by atoms with Gasteiger partial charge in [-0.25, -0.2) is 0 Å². The number of amides is 2. The van der Waals surface area contributed by atoms with E-state index < -0.39 is 0 Å². The average molecular weight is 333 g/mol. The smallest absolute Gasteiger partial charge is 0.257 e. The molecule has 0 aliphatic carbocycles. The van der Waals surface area contributed by atoms with Gasteiger partial charge in [-0.3, -0.25) is 9.59 Å². The number of hydrogen-bond donors (Lipinski definition) is 2.